The second kappa shape index (κ2) is 6.66. The van der Waals surface area contributed by atoms with Crippen molar-refractivity contribution in [2.75, 3.05) is 6.54 Å². The highest BCUT2D eigenvalue weighted by Gasteiger charge is 2.18. The van der Waals surface area contributed by atoms with Gasteiger partial charge in [0.1, 0.15) is 15.9 Å². The number of aromatic amines is 1. The number of aromatic nitrogens is 3. The van der Waals surface area contributed by atoms with Crippen LogP contribution in [0.15, 0.2) is 34.0 Å². The van der Waals surface area contributed by atoms with Gasteiger partial charge in [-0.05, 0) is 28.4 Å². The first-order valence-electron chi connectivity index (χ1n) is 5.78. The Kier molecular flexibility index (Phi) is 5.14. The zero-order valence-electron chi connectivity index (χ0n) is 10.3. The van der Waals surface area contributed by atoms with Crippen LogP contribution in [0.4, 0.5) is 0 Å². The van der Waals surface area contributed by atoms with E-state index < -0.39 is 10.0 Å². The van der Waals surface area contributed by atoms with E-state index in [0.29, 0.717) is 23.9 Å². The topological polar surface area (TPSA) is 87.7 Å². The Morgan fingerprint density at radius 3 is 2.90 bits per heavy atom. The quantitative estimate of drug-likeness (QED) is 0.594. The van der Waals surface area contributed by atoms with Crippen molar-refractivity contribution in [1.29, 1.82) is 0 Å². The van der Waals surface area contributed by atoms with Gasteiger partial charge in [-0.15, -0.1) is 0 Å². The van der Waals surface area contributed by atoms with Crippen LogP contribution in [0.3, 0.4) is 0 Å². The molecule has 2 rings (SSSR count). The van der Waals surface area contributed by atoms with Gasteiger partial charge in [0, 0.05) is 36.0 Å². The first-order chi connectivity index (χ1) is 9.49. The molecule has 108 valence electrons. The zero-order chi connectivity index (χ0) is 14.6. The molecular weight excluding hydrogens is 368 g/mol. The van der Waals surface area contributed by atoms with E-state index in [4.69, 9.17) is 11.6 Å². The highest BCUT2D eigenvalue weighted by Crippen LogP contribution is 2.22. The van der Waals surface area contributed by atoms with Gasteiger partial charge in [0.05, 0.1) is 0 Å². The number of pyridine rings is 1. The SMILES string of the molecule is O=S(=O)(NCCCc1ncc[nH]1)c1cc(Br)cnc1Cl. The van der Waals surface area contributed by atoms with E-state index in [9.17, 15) is 8.42 Å². The average Bonchev–Trinajstić information content (AvgIpc) is 2.90. The van der Waals surface area contributed by atoms with Gasteiger partial charge in [-0.1, -0.05) is 11.6 Å². The third-order valence-corrected chi connectivity index (χ3v) is 4.82. The fourth-order valence-corrected chi connectivity index (χ4v) is 3.58. The van der Waals surface area contributed by atoms with Crippen molar-refractivity contribution in [3.05, 3.63) is 40.1 Å². The lowest BCUT2D eigenvalue weighted by Crippen LogP contribution is -2.25. The Morgan fingerprint density at radius 1 is 1.40 bits per heavy atom. The number of rotatable bonds is 6. The summed E-state index contributed by atoms with van der Waals surface area (Å²) in [5, 5.41) is -0.0493. The second-order valence-electron chi connectivity index (χ2n) is 3.98. The van der Waals surface area contributed by atoms with Gasteiger partial charge >= 0.3 is 0 Å². The van der Waals surface area contributed by atoms with Gasteiger partial charge in [0.2, 0.25) is 10.0 Å². The minimum Gasteiger partial charge on any atom is -0.349 e. The molecule has 0 unspecified atom stereocenters. The van der Waals surface area contributed by atoms with Crippen molar-refractivity contribution in [3.63, 3.8) is 0 Å². The van der Waals surface area contributed by atoms with Gasteiger partial charge in [0.25, 0.3) is 0 Å². The maximum Gasteiger partial charge on any atom is 0.243 e. The lowest BCUT2D eigenvalue weighted by atomic mass is 10.3. The third kappa shape index (κ3) is 4.02. The number of aryl methyl sites for hydroxylation is 1. The molecule has 0 spiro atoms. The van der Waals surface area contributed by atoms with Crippen molar-refractivity contribution >= 4 is 37.6 Å². The van der Waals surface area contributed by atoms with Crippen molar-refractivity contribution in [2.24, 2.45) is 0 Å². The number of halogens is 2. The molecule has 0 atom stereocenters. The van der Waals surface area contributed by atoms with Gasteiger partial charge in [-0.3, -0.25) is 0 Å². The summed E-state index contributed by atoms with van der Waals surface area (Å²) in [4.78, 5) is 10.8. The highest BCUT2D eigenvalue weighted by molar-refractivity contribution is 9.10. The number of nitrogens with one attached hydrogen (secondary N) is 2. The lowest BCUT2D eigenvalue weighted by molar-refractivity contribution is 0.578. The van der Waals surface area contributed by atoms with Crippen molar-refractivity contribution in [2.45, 2.75) is 17.7 Å². The minimum absolute atomic E-state index is 0.0356. The van der Waals surface area contributed by atoms with E-state index in [2.05, 4.69) is 35.6 Å². The fraction of sp³-hybridized carbons (Fsp3) is 0.273. The summed E-state index contributed by atoms with van der Waals surface area (Å²) in [7, 11) is -3.66. The van der Waals surface area contributed by atoms with Gasteiger partial charge in [0.15, 0.2) is 0 Å². The van der Waals surface area contributed by atoms with E-state index in [1.807, 2.05) is 0 Å². The summed E-state index contributed by atoms with van der Waals surface area (Å²) >= 11 is 8.98. The Balaban J connectivity index is 1.95. The van der Waals surface area contributed by atoms with Crippen molar-refractivity contribution in [3.8, 4) is 0 Å². The number of hydrogen-bond donors (Lipinski definition) is 2. The summed E-state index contributed by atoms with van der Waals surface area (Å²) in [5.41, 5.74) is 0. The van der Waals surface area contributed by atoms with Gasteiger partial charge in [-0.2, -0.15) is 0 Å². The molecule has 0 saturated carbocycles. The molecule has 2 aromatic heterocycles. The summed E-state index contributed by atoms with van der Waals surface area (Å²) in [6, 6.07) is 1.42. The molecule has 2 heterocycles. The molecule has 0 aromatic carbocycles. The standard InChI is InChI=1S/C11H12BrClN4O2S/c12-8-6-9(11(13)16-7-8)20(18,19)17-3-1-2-10-14-4-5-15-10/h4-7,17H,1-3H2,(H,14,15). The zero-order valence-corrected chi connectivity index (χ0v) is 13.5. The van der Waals surface area contributed by atoms with E-state index in [-0.39, 0.29) is 10.0 Å². The van der Waals surface area contributed by atoms with Crippen LogP contribution in [0.1, 0.15) is 12.2 Å². The maximum atomic E-state index is 12.1. The van der Waals surface area contributed by atoms with Crippen LogP contribution in [0.2, 0.25) is 5.15 Å². The molecule has 0 fully saturated rings. The normalized spacial score (nSPS) is 11.7. The van der Waals surface area contributed by atoms with E-state index >= 15 is 0 Å². The molecule has 20 heavy (non-hydrogen) atoms. The second-order valence-corrected chi connectivity index (χ2v) is 6.99. The first-order valence-corrected chi connectivity index (χ1v) is 8.43. The fourth-order valence-electron chi connectivity index (χ4n) is 1.57. The van der Waals surface area contributed by atoms with Crippen LogP contribution in [-0.4, -0.2) is 29.9 Å². The lowest BCUT2D eigenvalue weighted by Gasteiger charge is -2.07. The Labute approximate surface area is 130 Å². The van der Waals surface area contributed by atoms with E-state index in [1.54, 1.807) is 12.4 Å². The van der Waals surface area contributed by atoms with Crippen molar-refractivity contribution in [1.82, 2.24) is 19.7 Å². The molecule has 0 radical (unpaired) electrons. The van der Waals surface area contributed by atoms with Gasteiger partial charge in [-0.25, -0.2) is 23.1 Å². The molecule has 0 aliphatic heterocycles. The number of imidazole rings is 1. The molecule has 0 aliphatic carbocycles. The van der Waals surface area contributed by atoms with Crippen LogP contribution < -0.4 is 4.72 Å². The first kappa shape index (κ1) is 15.4. The van der Waals surface area contributed by atoms with Crippen LogP contribution in [0.25, 0.3) is 0 Å². The number of nitrogens with zero attached hydrogens (tertiary/aromatic N) is 2. The smallest absolute Gasteiger partial charge is 0.243 e. The maximum absolute atomic E-state index is 12.1. The van der Waals surface area contributed by atoms with Crippen LogP contribution in [0.5, 0.6) is 0 Å². The minimum atomic E-state index is -3.66. The molecule has 9 heteroatoms. The number of hydrogen-bond acceptors (Lipinski definition) is 4. The predicted octanol–water partition coefficient (Wildman–Crippen LogP) is 2.13. The monoisotopic (exact) mass is 378 g/mol. The highest BCUT2D eigenvalue weighted by atomic mass is 79.9. The molecule has 2 aromatic rings. The van der Waals surface area contributed by atoms with Crippen LogP contribution in [0, 0.1) is 0 Å². The molecule has 2 N–H and O–H groups in total. The van der Waals surface area contributed by atoms with Crippen LogP contribution >= 0.6 is 27.5 Å². The third-order valence-electron chi connectivity index (χ3n) is 2.50. The number of sulfonamides is 1. The average molecular weight is 380 g/mol. The Hall–Kier alpha value is -0.960. The molecule has 0 amide bonds. The molecule has 0 aliphatic rings. The summed E-state index contributed by atoms with van der Waals surface area (Å²) in [5.74, 6) is 0.825. The summed E-state index contributed by atoms with van der Waals surface area (Å²) in [6.45, 7) is 0.297. The van der Waals surface area contributed by atoms with Crippen LogP contribution in [-0.2, 0) is 16.4 Å². The predicted molar refractivity (Wildman–Crippen MR) is 79.0 cm³/mol. The largest absolute Gasteiger partial charge is 0.349 e. The summed E-state index contributed by atoms with van der Waals surface area (Å²) < 4.78 is 27.2. The molecule has 0 saturated heterocycles. The Bertz CT molecular complexity index is 676. The van der Waals surface area contributed by atoms with Gasteiger partial charge < -0.3 is 4.98 Å². The van der Waals surface area contributed by atoms with Crippen molar-refractivity contribution < 1.29 is 8.42 Å². The Morgan fingerprint density at radius 2 is 2.20 bits per heavy atom. The van der Waals surface area contributed by atoms with E-state index in [1.165, 1.54) is 12.3 Å². The summed E-state index contributed by atoms with van der Waals surface area (Å²) in [6.07, 6.45) is 6.13. The molecular formula is C11H12BrClN4O2S. The molecule has 6 nitrogen and oxygen atoms in total. The van der Waals surface area contributed by atoms with E-state index in [0.717, 1.165) is 5.82 Å². The molecule has 0 bridgehead atoms. The number of H-pyrrole nitrogens is 1.